The minimum absolute atomic E-state index is 0.0758. The van der Waals surface area contributed by atoms with Crippen LogP contribution in [0.15, 0.2) is 18.2 Å². The number of hydrogen-bond donors (Lipinski definition) is 0. The van der Waals surface area contributed by atoms with E-state index in [1.165, 1.54) is 11.1 Å². The summed E-state index contributed by atoms with van der Waals surface area (Å²) in [5.74, 6) is 2.67. The van der Waals surface area contributed by atoms with Gasteiger partial charge in [-0.2, -0.15) is 0 Å². The first kappa shape index (κ1) is 16.8. The largest absolute Gasteiger partial charge is 0.497 e. The first-order valence-corrected chi connectivity index (χ1v) is 9.61. The van der Waals surface area contributed by atoms with Gasteiger partial charge in [0.2, 0.25) is 0 Å². The zero-order chi connectivity index (χ0) is 17.8. The molecular weight excluding hydrogens is 312 g/mol. The molecule has 0 bridgehead atoms. The van der Waals surface area contributed by atoms with E-state index in [1.807, 2.05) is 0 Å². The molecule has 0 amide bonds. The molecule has 1 aromatic carbocycles. The monoisotopic (exact) mass is 340 g/mol. The Bertz CT molecular complexity index is 724. The van der Waals surface area contributed by atoms with E-state index in [0.29, 0.717) is 17.8 Å². The van der Waals surface area contributed by atoms with Crippen LogP contribution in [0.4, 0.5) is 0 Å². The van der Waals surface area contributed by atoms with Gasteiger partial charge in [0.05, 0.1) is 12.5 Å². The Kier molecular flexibility index (Phi) is 3.82. The third-order valence-corrected chi connectivity index (χ3v) is 8.02. The first-order chi connectivity index (χ1) is 12.0. The van der Waals surface area contributed by atoms with E-state index in [1.54, 1.807) is 14.0 Å². The van der Waals surface area contributed by atoms with Crippen LogP contribution in [0.3, 0.4) is 0 Å². The van der Waals surface area contributed by atoms with Crippen LogP contribution in [-0.2, 0) is 16.0 Å². The molecule has 0 aromatic heterocycles. The zero-order valence-corrected chi connectivity index (χ0v) is 15.5. The molecule has 3 aliphatic carbocycles. The van der Waals surface area contributed by atoms with Gasteiger partial charge in [0.15, 0.2) is 0 Å². The van der Waals surface area contributed by atoms with Crippen molar-refractivity contribution in [1.82, 2.24) is 0 Å². The van der Waals surface area contributed by atoms with Crippen LogP contribution in [0.5, 0.6) is 5.75 Å². The lowest BCUT2D eigenvalue weighted by Gasteiger charge is -2.53. The van der Waals surface area contributed by atoms with E-state index < -0.39 is 5.41 Å². The number of carbonyl (C=O) groups excluding carboxylic acids is 2. The molecule has 0 heterocycles. The number of benzene rings is 1. The van der Waals surface area contributed by atoms with Crippen LogP contribution >= 0.6 is 0 Å². The number of rotatable bonds is 3. The highest BCUT2D eigenvalue weighted by Gasteiger charge is 2.64. The second-order valence-corrected chi connectivity index (χ2v) is 8.62. The third kappa shape index (κ3) is 2.10. The summed E-state index contributed by atoms with van der Waals surface area (Å²) in [6.45, 7) is 3.84. The Morgan fingerprint density at radius 2 is 2.04 bits per heavy atom. The zero-order valence-electron chi connectivity index (χ0n) is 15.5. The Hall–Kier alpha value is -1.64. The Morgan fingerprint density at radius 1 is 1.24 bits per heavy atom. The molecule has 4 rings (SSSR count). The molecule has 134 valence electrons. The van der Waals surface area contributed by atoms with Crippen molar-refractivity contribution in [3.05, 3.63) is 29.3 Å². The van der Waals surface area contributed by atoms with E-state index in [-0.39, 0.29) is 11.2 Å². The topological polar surface area (TPSA) is 43.4 Å². The molecular formula is C22H28O3. The van der Waals surface area contributed by atoms with Crippen molar-refractivity contribution in [2.24, 2.45) is 22.7 Å². The van der Waals surface area contributed by atoms with Crippen LogP contribution in [0, 0.1) is 22.7 Å². The van der Waals surface area contributed by atoms with Gasteiger partial charge in [0, 0.05) is 0 Å². The number of ether oxygens (including phenoxy) is 1. The average molecular weight is 340 g/mol. The molecule has 5 atom stereocenters. The Balaban J connectivity index is 1.71. The molecule has 25 heavy (non-hydrogen) atoms. The maximum atomic E-state index is 12.4. The van der Waals surface area contributed by atoms with E-state index in [0.717, 1.165) is 50.6 Å². The van der Waals surface area contributed by atoms with Crippen LogP contribution < -0.4 is 4.74 Å². The van der Waals surface area contributed by atoms with Crippen molar-refractivity contribution in [3.63, 3.8) is 0 Å². The molecule has 0 radical (unpaired) electrons. The number of Topliss-reactive ketones (excluding diaryl/α,β-unsaturated/α-hetero) is 1. The number of fused-ring (bicyclic) bond motifs is 5. The van der Waals surface area contributed by atoms with Gasteiger partial charge in [-0.1, -0.05) is 13.0 Å². The fraction of sp³-hybridized carbons (Fsp3) is 0.636. The number of methoxy groups -OCH3 is 1. The maximum Gasteiger partial charge on any atom is 0.143 e. The number of hydrogen-bond acceptors (Lipinski definition) is 3. The summed E-state index contributed by atoms with van der Waals surface area (Å²) >= 11 is 0. The normalized spacial score (nSPS) is 39.1. The Morgan fingerprint density at radius 3 is 2.72 bits per heavy atom. The average Bonchev–Trinajstić information content (AvgIpc) is 2.94. The van der Waals surface area contributed by atoms with Crippen LogP contribution in [0.1, 0.15) is 63.0 Å². The molecule has 0 unspecified atom stereocenters. The summed E-state index contributed by atoms with van der Waals surface area (Å²) in [6.07, 6.45) is 7.05. The fourth-order valence-electron chi connectivity index (χ4n) is 6.62. The van der Waals surface area contributed by atoms with Gasteiger partial charge >= 0.3 is 0 Å². The summed E-state index contributed by atoms with van der Waals surface area (Å²) in [5, 5.41) is 0. The molecule has 0 spiro atoms. The lowest BCUT2D eigenvalue weighted by atomic mass is 9.50. The molecule has 3 nitrogen and oxygen atoms in total. The van der Waals surface area contributed by atoms with Gasteiger partial charge < -0.3 is 9.53 Å². The highest BCUT2D eigenvalue weighted by molar-refractivity contribution is 5.98. The smallest absolute Gasteiger partial charge is 0.143 e. The lowest BCUT2D eigenvalue weighted by Crippen LogP contribution is -2.50. The minimum Gasteiger partial charge on any atom is -0.497 e. The van der Waals surface area contributed by atoms with Gasteiger partial charge in [-0.25, -0.2) is 0 Å². The predicted molar refractivity (Wildman–Crippen MR) is 96.8 cm³/mol. The van der Waals surface area contributed by atoms with Crippen molar-refractivity contribution in [3.8, 4) is 5.75 Å². The molecule has 0 saturated heterocycles. The van der Waals surface area contributed by atoms with Gasteiger partial charge in [-0.3, -0.25) is 4.79 Å². The number of ketones is 1. The second-order valence-electron chi connectivity index (χ2n) is 8.62. The molecule has 1 aromatic rings. The van der Waals surface area contributed by atoms with Crippen LogP contribution in [0.2, 0.25) is 0 Å². The van der Waals surface area contributed by atoms with Crippen molar-refractivity contribution >= 4 is 12.1 Å². The quantitative estimate of drug-likeness (QED) is 0.608. The van der Waals surface area contributed by atoms with Crippen molar-refractivity contribution in [2.75, 3.05) is 7.11 Å². The van der Waals surface area contributed by atoms with E-state index >= 15 is 0 Å². The summed E-state index contributed by atoms with van der Waals surface area (Å²) in [4.78, 5) is 24.5. The summed E-state index contributed by atoms with van der Waals surface area (Å²) in [5.41, 5.74) is 2.00. The molecule has 2 saturated carbocycles. The van der Waals surface area contributed by atoms with E-state index in [9.17, 15) is 9.59 Å². The number of aldehydes is 1. The van der Waals surface area contributed by atoms with E-state index in [4.69, 9.17) is 4.74 Å². The maximum absolute atomic E-state index is 12.4. The SMILES string of the molecule is COc1ccc2c(c1)CC[C@@H]1[C@@H]2CC[C@@]2(C)[C@H]1CC[C@]2(C=O)C(C)=O. The van der Waals surface area contributed by atoms with Gasteiger partial charge in [-0.05, 0) is 91.9 Å². The van der Waals surface area contributed by atoms with Gasteiger partial charge in [0.25, 0.3) is 0 Å². The standard InChI is InChI=1S/C22H28O3/c1-14(24)22(13-23)11-9-20-19-6-4-15-12-16(25-3)5-7-17(15)18(19)8-10-21(20,22)2/h5,7,12-13,18-20H,4,6,8-11H2,1-3H3/t18-,19-,20+,21+,22+/m1/s1. The third-order valence-electron chi connectivity index (χ3n) is 8.02. The van der Waals surface area contributed by atoms with Crippen molar-refractivity contribution in [2.45, 2.75) is 58.3 Å². The first-order valence-electron chi connectivity index (χ1n) is 9.61. The molecule has 2 fully saturated rings. The summed E-state index contributed by atoms with van der Waals surface area (Å²) in [7, 11) is 1.72. The molecule has 3 heteroatoms. The number of carbonyl (C=O) groups is 2. The minimum atomic E-state index is -0.747. The molecule has 0 aliphatic heterocycles. The summed E-state index contributed by atoms with van der Waals surface area (Å²) < 4.78 is 5.39. The van der Waals surface area contributed by atoms with Crippen LogP contribution in [-0.4, -0.2) is 19.2 Å². The molecule has 0 N–H and O–H groups in total. The van der Waals surface area contributed by atoms with Crippen LogP contribution in [0.25, 0.3) is 0 Å². The number of aryl methyl sites for hydroxylation is 1. The van der Waals surface area contributed by atoms with Gasteiger partial charge in [-0.15, -0.1) is 0 Å². The van der Waals surface area contributed by atoms with E-state index in [2.05, 4.69) is 25.1 Å². The lowest BCUT2D eigenvalue weighted by molar-refractivity contribution is -0.144. The van der Waals surface area contributed by atoms with Crippen molar-refractivity contribution in [1.29, 1.82) is 0 Å². The fourth-order valence-corrected chi connectivity index (χ4v) is 6.62. The second kappa shape index (κ2) is 5.69. The highest BCUT2D eigenvalue weighted by Crippen LogP contribution is 2.67. The predicted octanol–water partition coefficient (Wildman–Crippen LogP) is 4.33. The highest BCUT2D eigenvalue weighted by atomic mass is 16.5. The van der Waals surface area contributed by atoms with Crippen molar-refractivity contribution < 1.29 is 14.3 Å². The Labute approximate surface area is 150 Å². The summed E-state index contributed by atoms with van der Waals surface area (Å²) in [6, 6.07) is 6.52. The van der Waals surface area contributed by atoms with Gasteiger partial charge in [0.1, 0.15) is 17.8 Å². The molecule has 3 aliphatic rings.